The average molecular weight is 517 g/mol. The molecule has 12 heteroatoms. The van der Waals surface area contributed by atoms with E-state index < -0.39 is 42.5 Å². The second kappa shape index (κ2) is 7.79. The third kappa shape index (κ3) is 3.03. The summed E-state index contributed by atoms with van der Waals surface area (Å²) in [6.07, 6.45) is 0. The number of hydrogen-bond acceptors (Lipinski definition) is 8. The van der Waals surface area contributed by atoms with E-state index in [4.69, 9.17) is 27.9 Å². The number of Topliss-reactive ketones (excluding diaryl/α,β-unsaturated/α-hetero) is 1. The minimum Gasteiger partial charge on any atom is -0.494 e. The van der Waals surface area contributed by atoms with Crippen molar-refractivity contribution < 1.29 is 19.4 Å². The molecule has 0 bridgehead atoms. The lowest BCUT2D eigenvalue weighted by Crippen LogP contribution is -2.23. The number of fused-ring (bicyclic) bond motifs is 1. The zero-order valence-corrected chi connectivity index (χ0v) is 19.3. The molecule has 0 unspecified atom stereocenters. The summed E-state index contributed by atoms with van der Waals surface area (Å²) in [5, 5.41) is 22.3. The predicted molar refractivity (Wildman–Crippen MR) is 129 cm³/mol. The molecule has 9 nitrogen and oxygen atoms in total. The fraction of sp³-hybridized carbons (Fsp3) is 0.0909. The van der Waals surface area contributed by atoms with Gasteiger partial charge < -0.3 is 4.74 Å². The Labute approximate surface area is 203 Å². The van der Waals surface area contributed by atoms with Gasteiger partial charge in [0.25, 0.3) is 11.4 Å². The van der Waals surface area contributed by atoms with Crippen LogP contribution in [0.3, 0.4) is 0 Å². The number of rotatable bonds is 4. The number of carbonyl (C=O) groups is 1. The molecular weight excluding hydrogens is 507 g/mol. The smallest absolute Gasteiger partial charge is 0.289 e. The Kier molecular flexibility index (Phi) is 5.12. The van der Waals surface area contributed by atoms with Crippen molar-refractivity contribution in [3.8, 4) is 5.75 Å². The number of ether oxygens (including phenoxy) is 1. The van der Waals surface area contributed by atoms with Gasteiger partial charge in [-0.1, -0.05) is 35.0 Å². The van der Waals surface area contributed by atoms with Crippen molar-refractivity contribution in [2.24, 2.45) is 0 Å². The molecule has 1 aliphatic rings. The summed E-state index contributed by atoms with van der Waals surface area (Å²) >= 11 is 13.5. The summed E-state index contributed by atoms with van der Waals surface area (Å²) in [6, 6.07) is 7.00. The number of halogens is 2. The Morgan fingerprint density at radius 2 is 1.56 bits per heavy atom. The van der Waals surface area contributed by atoms with Crippen molar-refractivity contribution in [3.05, 3.63) is 81.6 Å². The highest BCUT2D eigenvalue weighted by molar-refractivity contribution is 8.10. The lowest BCUT2D eigenvalue weighted by Gasteiger charge is -2.06. The second-order valence-electron chi connectivity index (χ2n) is 7.33. The molecule has 0 aromatic heterocycles. The molecule has 4 aromatic rings. The minimum atomic E-state index is -0.799. The topological polar surface area (TPSA) is 130 Å². The van der Waals surface area contributed by atoms with Gasteiger partial charge in [-0.15, -0.1) is 0 Å². The van der Waals surface area contributed by atoms with Crippen LogP contribution in [0.25, 0.3) is 26.5 Å². The molecule has 170 valence electrons. The Bertz CT molecular complexity index is 1710. The molecule has 1 heterocycles. The van der Waals surface area contributed by atoms with Crippen LogP contribution in [0.4, 0.5) is 11.4 Å². The molecule has 0 fully saturated rings. The molecule has 5 rings (SSSR count). The summed E-state index contributed by atoms with van der Waals surface area (Å²) in [6.45, 7) is 2.24. The van der Waals surface area contributed by atoms with E-state index in [9.17, 15) is 29.8 Å². The average Bonchev–Trinajstić information content (AvgIpc) is 3.24. The number of ketones is 1. The van der Waals surface area contributed by atoms with Crippen molar-refractivity contribution >= 4 is 78.6 Å². The van der Waals surface area contributed by atoms with E-state index >= 15 is 0 Å². The molecule has 0 saturated heterocycles. The fourth-order valence-electron chi connectivity index (χ4n) is 4.13. The first kappa shape index (κ1) is 22.3. The van der Waals surface area contributed by atoms with Gasteiger partial charge >= 0.3 is 0 Å². The molecule has 0 saturated carbocycles. The minimum absolute atomic E-state index is 0.0570. The van der Waals surface area contributed by atoms with Crippen LogP contribution in [0.5, 0.6) is 5.75 Å². The van der Waals surface area contributed by atoms with Gasteiger partial charge in [0.05, 0.1) is 21.4 Å². The van der Waals surface area contributed by atoms with Gasteiger partial charge in [-0.2, -0.15) is 0 Å². The first-order valence-corrected chi connectivity index (χ1v) is 11.3. The Hall–Kier alpha value is -3.47. The van der Waals surface area contributed by atoms with E-state index in [1.165, 1.54) is 0 Å². The number of thioether (sulfide) groups is 1. The molecular formula is C22H10Cl2N2O7S. The molecule has 4 aromatic carbocycles. The number of hydrogen-bond donors (Lipinski definition) is 0. The fourth-order valence-corrected chi connectivity index (χ4v) is 5.98. The summed E-state index contributed by atoms with van der Waals surface area (Å²) in [7, 11) is 0. The van der Waals surface area contributed by atoms with Crippen LogP contribution in [-0.4, -0.2) is 22.2 Å². The summed E-state index contributed by atoms with van der Waals surface area (Å²) in [5.74, 6) is 0.103. The third-order valence-electron chi connectivity index (χ3n) is 5.53. The van der Waals surface area contributed by atoms with E-state index in [0.717, 1.165) is 23.9 Å². The molecule has 0 radical (unpaired) electrons. The second-order valence-corrected chi connectivity index (χ2v) is 9.14. The number of nitro benzene ring substituents is 2. The zero-order valence-electron chi connectivity index (χ0n) is 17.0. The maximum absolute atomic E-state index is 13.5. The van der Waals surface area contributed by atoms with Crippen LogP contribution < -0.4 is 15.4 Å². The van der Waals surface area contributed by atoms with Crippen LogP contribution in [0.15, 0.2) is 40.0 Å². The Morgan fingerprint density at radius 3 is 2.15 bits per heavy atom. The van der Waals surface area contributed by atoms with Crippen LogP contribution in [0.1, 0.15) is 17.3 Å². The van der Waals surface area contributed by atoms with E-state index in [1.54, 1.807) is 18.2 Å². The van der Waals surface area contributed by atoms with Crippen molar-refractivity contribution in [2.45, 2.75) is 11.8 Å². The maximum Gasteiger partial charge on any atom is 0.289 e. The summed E-state index contributed by atoms with van der Waals surface area (Å²) in [4.78, 5) is 49.0. The third-order valence-corrected chi connectivity index (χ3v) is 7.44. The molecule has 0 N–H and O–H groups in total. The SMILES string of the molecule is CCOc1ccc2c(c1)SC(=c1c(=O)c3cc([N+](=O)[O-])c(Cl)c4c(Cl)c([N+](=O)[O-])cc1c43)C2=O. The van der Waals surface area contributed by atoms with Crippen molar-refractivity contribution in [1.29, 1.82) is 0 Å². The highest BCUT2D eigenvalue weighted by atomic mass is 35.5. The van der Waals surface area contributed by atoms with Gasteiger partial charge in [-0.05, 0) is 25.1 Å². The van der Waals surface area contributed by atoms with Gasteiger partial charge in [-0.3, -0.25) is 29.8 Å². The van der Waals surface area contributed by atoms with Crippen molar-refractivity contribution in [3.63, 3.8) is 0 Å². The van der Waals surface area contributed by atoms with Crippen molar-refractivity contribution in [2.75, 3.05) is 6.61 Å². The molecule has 0 atom stereocenters. The van der Waals surface area contributed by atoms with Gasteiger partial charge in [0, 0.05) is 49.4 Å². The molecule has 0 spiro atoms. The number of nitro groups is 2. The number of benzene rings is 3. The van der Waals surface area contributed by atoms with Crippen LogP contribution in [-0.2, 0) is 0 Å². The first-order chi connectivity index (χ1) is 16.1. The first-order valence-electron chi connectivity index (χ1n) is 9.71. The number of carbonyl (C=O) groups excluding carboxylic acids is 1. The normalized spacial score (nSPS) is 14.7. The molecule has 0 amide bonds. The Morgan fingerprint density at radius 1 is 0.941 bits per heavy atom. The standard InChI is InChI=1S/C22H10Cl2N2O7S/c1-2-33-8-3-4-9-14(5-8)34-22(21(9)28)16-10-6-12(25(29)30)18(23)17-15(10)11(20(16)27)7-13(19(17)24)26(31)32/h3-7H,2H2,1H3. The highest BCUT2D eigenvalue weighted by Gasteiger charge is 2.33. The van der Waals surface area contributed by atoms with Gasteiger partial charge in [0.15, 0.2) is 5.43 Å². The quantitative estimate of drug-likeness (QED) is 0.269. The van der Waals surface area contributed by atoms with Gasteiger partial charge in [-0.25, -0.2) is 0 Å². The number of nitrogens with zero attached hydrogens (tertiary/aromatic N) is 2. The van der Waals surface area contributed by atoms with Crippen molar-refractivity contribution in [1.82, 2.24) is 0 Å². The van der Waals surface area contributed by atoms with Gasteiger partial charge in [0.1, 0.15) is 15.8 Å². The van der Waals surface area contributed by atoms with Gasteiger partial charge in [0.2, 0.25) is 5.78 Å². The molecule has 34 heavy (non-hydrogen) atoms. The highest BCUT2D eigenvalue weighted by Crippen LogP contribution is 2.46. The van der Waals surface area contributed by atoms with Crippen LogP contribution >= 0.6 is 35.0 Å². The zero-order chi connectivity index (χ0) is 24.5. The lowest BCUT2D eigenvalue weighted by atomic mass is 10.0. The molecule has 1 aliphatic heterocycles. The summed E-state index contributed by atoms with van der Waals surface area (Å²) < 4.78 is 5.47. The predicted octanol–water partition coefficient (Wildman–Crippen LogP) is 5.13. The Balaban J connectivity index is 1.95. The summed E-state index contributed by atoms with van der Waals surface area (Å²) in [5.41, 5.74) is -1.53. The van der Waals surface area contributed by atoms with E-state index in [2.05, 4.69) is 0 Å². The van der Waals surface area contributed by atoms with Crippen LogP contribution in [0, 0.1) is 20.2 Å². The van der Waals surface area contributed by atoms with E-state index in [-0.39, 0.29) is 31.7 Å². The lowest BCUT2D eigenvalue weighted by molar-refractivity contribution is -0.384. The van der Waals surface area contributed by atoms with Crippen LogP contribution in [0.2, 0.25) is 10.0 Å². The monoisotopic (exact) mass is 516 g/mol. The van der Waals surface area contributed by atoms with E-state index in [0.29, 0.717) is 22.8 Å². The van der Waals surface area contributed by atoms with E-state index in [1.807, 2.05) is 6.92 Å². The maximum atomic E-state index is 13.5. The molecule has 0 aliphatic carbocycles. The largest absolute Gasteiger partial charge is 0.494 e.